The number of ether oxygens (including phenoxy) is 3. The third-order valence-corrected chi connectivity index (χ3v) is 5.39. The number of methoxy groups -OCH3 is 2. The highest BCUT2D eigenvalue weighted by Crippen LogP contribution is 2.33. The molecular weight excluding hydrogens is 378 g/mol. The van der Waals surface area contributed by atoms with E-state index in [-0.39, 0.29) is 12.5 Å². The Bertz CT molecular complexity index is 1020. The maximum atomic E-state index is 12.7. The van der Waals surface area contributed by atoms with E-state index in [1.807, 2.05) is 59.5 Å². The summed E-state index contributed by atoms with van der Waals surface area (Å²) in [6.07, 6.45) is 0.785. The van der Waals surface area contributed by atoms with Crippen LogP contribution in [0.2, 0.25) is 0 Å². The van der Waals surface area contributed by atoms with Crippen LogP contribution in [0.15, 0.2) is 66.7 Å². The fourth-order valence-corrected chi connectivity index (χ4v) is 3.71. The Labute approximate surface area is 176 Å². The monoisotopic (exact) mass is 403 g/mol. The summed E-state index contributed by atoms with van der Waals surface area (Å²) in [5.41, 5.74) is 4.54. The van der Waals surface area contributed by atoms with E-state index in [0.29, 0.717) is 24.6 Å². The minimum atomic E-state index is -0.0254. The molecule has 1 amide bonds. The van der Waals surface area contributed by atoms with Gasteiger partial charge in [-0.25, -0.2) is 0 Å². The zero-order valence-corrected chi connectivity index (χ0v) is 17.3. The fraction of sp³-hybridized carbons (Fsp3) is 0.240. The summed E-state index contributed by atoms with van der Waals surface area (Å²) in [4.78, 5) is 14.5. The topological polar surface area (TPSA) is 48.0 Å². The number of hydrogen-bond donors (Lipinski definition) is 0. The second-order valence-corrected chi connectivity index (χ2v) is 7.22. The van der Waals surface area contributed by atoms with Gasteiger partial charge in [0.1, 0.15) is 5.75 Å². The van der Waals surface area contributed by atoms with Gasteiger partial charge >= 0.3 is 0 Å². The minimum Gasteiger partial charge on any atom is -0.493 e. The highest BCUT2D eigenvalue weighted by molar-refractivity contribution is 5.78. The van der Waals surface area contributed by atoms with E-state index in [4.69, 9.17) is 14.2 Å². The maximum absolute atomic E-state index is 12.7. The van der Waals surface area contributed by atoms with E-state index in [1.54, 1.807) is 14.2 Å². The van der Waals surface area contributed by atoms with Crippen LogP contribution in [0.1, 0.15) is 11.1 Å². The van der Waals surface area contributed by atoms with Gasteiger partial charge in [0, 0.05) is 13.1 Å². The Balaban J connectivity index is 1.37. The molecule has 3 aromatic carbocycles. The molecule has 0 aliphatic carbocycles. The molecule has 0 atom stereocenters. The van der Waals surface area contributed by atoms with Crippen molar-refractivity contribution in [1.29, 1.82) is 0 Å². The first-order chi connectivity index (χ1) is 14.7. The maximum Gasteiger partial charge on any atom is 0.260 e. The van der Waals surface area contributed by atoms with Crippen LogP contribution in [0.3, 0.4) is 0 Å². The molecule has 3 aromatic rings. The van der Waals surface area contributed by atoms with Gasteiger partial charge in [-0.15, -0.1) is 0 Å². The van der Waals surface area contributed by atoms with Crippen LogP contribution in [-0.2, 0) is 17.8 Å². The van der Waals surface area contributed by atoms with Crippen molar-refractivity contribution in [2.24, 2.45) is 0 Å². The van der Waals surface area contributed by atoms with E-state index in [0.717, 1.165) is 28.9 Å². The highest BCUT2D eigenvalue weighted by atomic mass is 16.5. The molecule has 5 nitrogen and oxygen atoms in total. The number of hydrogen-bond acceptors (Lipinski definition) is 4. The van der Waals surface area contributed by atoms with Crippen LogP contribution in [0, 0.1) is 0 Å². The SMILES string of the molecule is COc1cc2c(cc1OC)CN(C(=O)COc1ccc(-c3ccccc3)cc1)CC2. The van der Waals surface area contributed by atoms with Crippen molar-refractivity contribution in [2.45, 2.75) is 13.0 Å². The van der Waals surface area contributed by atoms with E-state index < -0.39 is 0 Å². The number of carbonyl (C=O) groups is 1. The Hall–Kier alpha value is -3.47. The van der Waals surface area contributed by atoms with Gasteiger partial charge in [0.25, 0.3) is 5.91 Å². The Morgan fingerprint density at radius 3 is 2.17 bits per heavy atom. The van der Waals surface area contributed by atoms with Crippen molar-refractivity contribution in [3.63, 3.8) is 0 Å². The molecule has 0 saturated carbocycles. The highest BCUT2D eigenvalue weighted by Gasteiger charge is 2.23. The second-order valence-electron chi connectivity index (χ2n) is 7.22. The van der Waals surface area contributed by atoms with Crippen LogP contribution in [0.4, 0.5) is 0 Å². The second kappa shape index (κ2) is 8.91. The van der Waals surface area contributed by atoms with Gasteiger partial charge in [0.05, 0.1) is 14.2 Å². The quantitative estimate of drug-likeness (QED) is 0.615. The molecule has 0 spiro atoms. The van der Waals surface area contributed by atoms with Crippen molar-refractivity contribution < 1.29 is 19.0 Å². The molecule has 0 fully saturated rings. The molecule has 0 unspecified atom stereocenters. The molecule has 4 rings (SSSR count). The lowest BCUT2D eigenvalue weighted by molar-refractivity contribution is -0.134. The summed E-state index contributed by atoms with van der Waals surface area (Å²) in [5, 5.41) is 0. The molecule has 1 heterocycles. The van der Waals surface area contributed by atoms with Crippen LogP contribution in [0.5, 0.6) is 17.2 Å². The van der Waals surface area contributed by atoms with Gasteiger partial charge in [-0.2, -0.15) is 0 Å². The van der Waals surface area contributed by atoms with Crippen molar-refractivity contribution in [2.75, 3.05) is 27.4 Å². The molecule has 0 aromatic heterocycles. The first-order valence-corrected chi connectivity index (χ1v) is 9.98. The number of fused-ring (bicyclic) bond motifs is 1. The van der Waals surface area contributed by atoms with Gasteiger partial charge in [0.2, 0.25) is 0 Å². The van der Waals surface area contributed by atoms with E-state index in [1.165, 1.54) is 5.56 Å². The summed E-state index contributed by atoms with van der Waals surface area (Å²) < 4.78 is 16.5. The van der Waals surface area contributed by atoms with Crippen molar-refractivity contribution in [3.05, 3.63) is 77.9 Å². The van der Waals surface area contributed by atoms with Gasteiger partial charge in [-0.05, 0) is 52.9 Å². The third kappa shape index (κ3) is 4.25. The summed E-state index contributed by atoms with van der Waals surface area (Å²) in [5.74, 6) is 2.06. The van der Waals surface area contributed by atoms with Crippen LogP contribution < -0.4 is 14.2 Å². The number of carbonyl (C=O) groups excluding carboxylic acids is 1. The molecule has 5 heteroatoms. The Morgan fingerprint density at radius 2 is 1.50 bits per heavy atom. The molecule has 0 radical (unpaired) electrons. The predicted octanol–water partition coefficient (Wildman–Crippen LogP) is 4.33. The Morgan fingerprint density at radius 1 is 0.867 bits per heavy atom. The molecule has 1 aliphatic rings. The summed E-state index contributed by atoms with van der Waals surface area (Å²) in [6, 6.07) is 21.9. The molecular formula is C25H25NO4. The molecule has 30 heavy (non-hydrogen) atoms. The summed E-state index contributed by atoms with van der Waals surface area (Å²) in [6.45, 7) is 1.23. The molecule has 1 aliphatic heterocycles. The number of amides is 1. The van der Waals surface area contributed by atoms with E-state index >= 15 is 0 Å². The Kier molecular flexibility index (Phi) is 5.89. The van der Waals surface area contributed by atoms with Gasteiger partial charge in [0.15, 0.2) is 18.1 Å². The molecule has 0 N–H and O–H groups in total. The van der Waals surface area contributed by atoms with Gasteiger partial charge in [-0.3, -0.25) is 4.79 Å². The predicted molar refractivity (Wildman–Crippen MR) is 116 cm³/mol. The fourth-order valence-electron chi connectivity index (χ4n) is 3.71. The van der Waals surface area contributed by atoms with Crippen LogP contribution >= 0.6 is 0 Å². The van der Waals surface area contributed by atoms with E-state index in [2.05, 4.69) is 12.1 Å². The largest absolute Gasteiger partial charge is 0.493 e. The average Bonchev–Trinajstić information content (AvgIpc) is 2.82. The average molecular weight is 403 g/mol. The minimum absolute atomic E-state index is 0.0211. The number of rotatable bonds is 6. The lowest BCUT2D eigenvalue weighted by Gasteiger charge is -2.29. The molecule has 0 saturated heterocycles. The normalized spacial score (nSPS) is 12.8. The van der Waals surface area contributed by atoms with Gasteiger partial charge in [-0.1, -0.05) is 42.5 Å². The van der Waals surface area contributed by atoms with Crippen LogP contribution in [-0.4, -0.2) is 38.2 Å². The molecule has 0 bridgehead atoms. The first-order valence-electron chi connectivity index (χ1n) is 9.98. The number of benzene rings is 3. The van der Waals surface area contributed by atoms with E-state index in [9.17, 15) is 4.79 Å². The standard InChI is InChI=1S/C25H25NO4/c1-28-23-14-20-12-13-26(16-21(20)15-24(23)29-2)25(27)17-30-22-10-8-19(9-11-22)18-6-4-3-5-7-18/h3-11,14-15H,12-13,16-17H2,1-2H3. The van der Waals surface area contributed by atoms with Crippen molar-refractivity contribution in [1.82, 2.24) is 4.90 Å². The zero-order chi connectivity index (χ0) is 20.9. The molecule has 154 valence electrons. The first kappa shape index (κ1) is 19.8. The smallest absolute Gasteiger partial charge is 0.260 e. The van der Waals surface area contributed by atoms with Crippen molar-refractivity contribution in [3.8, 4) is 28.4 Å². The zero-order valence-electron chi connectivity index (χ0n) is 17.3. The number of nitrogens with zero attached hydrogens (tertiary/aromatic N) is 1. The lowest BCUT2D eigenvalue weighted by Crippen LogP contribution is -2.38. The van der Waals surface area contributed by atoms with Gasteiger partial charge < -0.3 is 19.1 Å². The summed E-state index contributed by atoms with van der Waals surface area (Å²) in [7, 11) is 3.25. The van der Waals surface area contributed by atoms with Crippen molar-refractivity contribution >= 4 is 5.91 Å². The van der Waals surface area contributed by atoms with Crippen LogP contribution in [0.25, 0.3) is 11.1 Å². The summed E-state index contributed by atoms with van der Waals surface area (Å²) >= 11 is 0. The third-order valence-electron chi connectivity index (χ3n) is 5.39. The lowest BCUT2D eigenvalue weighted by atomic mass is 9.99.